The Hall–Kier alpha value is -0.530. The Labute approximate surface area is 99.8 Å². The summed E-state index contributed by atoms with van der Waals surface area (Å²) in [6, 6.07) is 0. The Balaban J connectivity index is 2.47. The number of carbonyl (C=O) groups is 1. The number of hydrogen-bond acceptors (Lipinski definition) is 2. The second-order valence-corrected chi connectivity index (χ2v) is 6.88. The largest absolute Gasteiger partial charge is 0.465 e. The molecular formula is C14H26O2. The first kappa shape index (κ1) is 13.5. The number of hydrogen-bond donors (Lipinski definition) is 0. The fraction of sp³-hybridized carbons (Fsp3) is 0.929. The van der Waals surface area contributed by atoms with E-state index < -0.39 is 0 Å². The van der Waals surface area contributed by atoms with E-state index in [1.165, 1.54) is 0 Å². The van der Waals surface area contributed by atoms with Crippen LogP contribution in [0.2, 0.25) is 0 Å². The van der Waals surface area contributed by atoms with Crippen molar-refractivity contribution in [3.63, 3.8) is 0 Å². The van der Waals surface area contributed by atoms with Crippen molar-refractivity contribution in [3.8, 4) is 0 Å². The molecule has 16 heavy (non-hydrogen) atoms. The normalized spacial score (nSPS) is 31.2. The molecule has 0 amide bonds. The smallest absolute Gasteiger partial charge is 0.311 e. The molecule has 0 unspecified atom stereocenters. The minimum atomic E-state index is -0.224. The maximum atomic E-state index is 12.1. The van der Waals surface area contributed by atoms with Gasteiger partial charge in [0.2, 0.25) is 0 Å². The zero-order chi connectivity index (χ0) is 12.4. The van der Waals surface area contributed by atoms with E-state index in [4.69, 9.17) is 4.74 Å². The SMILES string of the molecule is CC1CCC(C)(C(=O)OCC(C)(C)C)CC1. The highest BCUT2D eigenvalue weighted by Crippen LogP contribution is 2.39. The van der Waals surface area contributed by atoms with Gasteiger partial charge in [-0.15, -0.1) is 0 Å². The summed E-state index contributed by atoms with van der Waals surface area (Å²) in [7, 11) is 0. The van der Waals surface area contributed by atoms with Gasteiger partial charge in [0.05, 0.1) is 12.0 Å². The van der Waals surface area contributed by atoms with Gasteiger partial charge in [-0.25, -0.2) is 0 Å². The van der Waals surface area contributed by atoms with Crippen molar-refractivity contribution >= 4 is 5.97 Å². The van der Waals surface area contributed by atoms with Crippen LogP contribution < -0.4 is 0 Å². The third-order valence-corrected chi connectivity index (χ3v) is 3.51. The Morgan fingerprint density at radius 1 is 1.31 bits per heavy atom. The molecule has 0 aromatic heterocycles. The quantitative estimate of drug-likeness (QED) is 0.670. The van der Waals surface area contributed by atoms with Gasteiger partial charge in [0.1, 0.15) is 0 Å². The van der Waals surface area contributed by atoms with Gasteiger partial charge in [-0.2, -0.15) is 0 Å². The highest BCUT2D eigenvalue weighted by molar-refractivity contribution is 5.76. The molecular weight excluding hydrogens is 200 g/mol. The molecule has 0 bridgehead atoms. The molecule has 0 aromatic carbocycles. The van der Waals surface area contributed by atoms with Crippen LogP contribution in [-0.4, -0.2) is 12.6 Å². The first-order chi connectivity index (χ1) is 7.23. The summed E-state index contributed by atoms with van der Waals surface area (Å²) in [4.78, 5) is 12.1. The van der Waals surface area contributed by atoms with Gasteiger partial charge in [-0.05, 0) is 43.9 Å². The molecule has 1 aliphatic carbocycles. The Kier molecular flexibility index (Phi) is 4.03. The van der Waals surface area contributed by atoms with Gasteiger partial charge in [0.15, 0.2) is 0 Å². The molecule has 2 nitrogen and oxygen atoms in total. The molecule has 0 aliphatic heterocycles. The van der Waals surface area contributed by atoms with E-state index in [1.807, 2.05) is 0 Å². The first-order valence-corrected chi connectivity index (χ1v) is 6.40. The van der Waals surface area contributed by atoms with Crippen LogP contribution in [0.1, 0.15) is 60.3 Å². The topological polar surface area (TPSA) is 26.3 Å². The van der Waals surface area contributed by atoms with Crippen LogP contribution in [0, 0.1) is 16.7 Å². The Morgan fingerprint density at radius 2 is 1.81 bits per heavy atom. The molecule has 94 valence electrons. The summed E-state index contributed by atoms with van der Waals surface area (Å²) < 4.78 is 5.45. The second kappa shape index (κ2) is 4.77. The molecule has 0 saturated heterocycles. The van der Waals surface area contributed by atoms with Crippen molar-refractivity contribution in [1.29, 1.82) is 0 Å². The van der Waals surface area contributed by atoms with Crippen LogP contribution in [0.5, 0.6) is 0 Å². The lowest BCUT2D eigenvalue weighted by Gasteiger charge is -2.34. The van der Waals surface area contributed by atoms with Gasteiger partial charge >= 0.3 is 5.97 Å². The number of carbonyl (C=O) groups excluding carboxylic acids is 1. The van der Waals surface area contributed by atoms with Crippen molar-refractivity contribution < 1.29 is 9.53 Å². The van der Waals surface area contributed by atoms with Gasteiger partial charge in [-0.3, -0.25) is 4.79 Å². The average Bonchev–Trinajstić information content (AvgIpc) is 2.18. The highest BCUT2D eigenvalue weighted by atomic mass is 16.5. The molecule has 1 aliphatic rings. The van der Waals surface area contributed by atoms with Crippen LogP contribution >= 0.6 is 0 Å². The van der Waals surface area contributed by atoms with Crippen LogP contribution in [0.15, 0.2) is 0 Å². The van der Waals surface area contributed by atoms with Crippen LogP contribution in [0.4, 0.5) is 0 Å². The van der Waals surface area contributed by atoms with Crippen molar-refractivity contribution in [2.24, 2.45) is 16.7 Å². The minimum absolute atomic E-state index is 0.00863. The van der Waals surface area contributed by atoms with Crippen LogP contribution in [0.3, 0.4) is 0 Å². The lowest BCUT2D eigenvalue weighted by atomic mass is 9.72. The second-order valence-electron chi connectivity index (χ2n) is 6.88. The van der Waals surface area contributed by atoms with Gasteiger partial charge in [0.25, 0.3) is 0 Å². The van der Waals surface area contributed by atoms with E-state index in [2.05, 4.69) is 34.6 Å². The zero-order valence-corrected chi connectivity index (χ0v) is 11.4. The third kappa shape index (κ3) is 3.80. The summed E-state index contributed by atoms with van der Waals surface area (Å²) in [5.41, 5.74) is -0.161. The Morgan fingerprint density at radius 3 is 2.25 bits per heavy atom. The predicted molar refractivity (Wildman–Crippen MR) is 66.2 cm³/mol. The minimum Gasteiger partial charge on any atom is -0.465 e. The van der Waals surface area contributed by atoms with E-state index in [0.717, 1.165) is 31.6 Å². The number of rotatable bonds is 2. The van der Waals surface area contributed by atoms with E-state index in [9.17, 15) is 4.79 Å². The monoisotopic (exact) mass is 226 g/mol. The van der Waals surface area contributed by atoms with E-state index in [-0.39, 0.29) is 16.8 Å². The Bertz CT molecular complexity index is 242. The highest BCUT2D eigenvalue weighted by Gasteiger charge is 2.38. The lowest BCUT2D eigenvalue weighted by Crippen LogP contribution is -2.35. The number of esters is 1. The van der Waals surface area contributed by atoms with Crippen LogP contribution in [0.25, 0.3) is 0 Å². The lowest BCUT2D eigenvalue weighted by molar-refractivity contribution is -0.160. The van der Waals surface area contributed by atoms with E-state index >= 15 is 0 Å². The van der Waals surface area contributed by atoms with Gasteiger partial charge in [0, 0.05) is 0 Å². The molecule has 0 heterocycles. The molecule has 0 spiro atoms. The molecule has 1 rings (SSSR count). The molecule has 0 aromatic rings. The van der Waals surface area contributed by atoms with Crippen molar-refractivity contribution in [2.45, 2.75) is 60.3 Å². The molecule has 2 heteroatoms. The fourth-order valence-electron chi connectivity index (χ4n) is 2.06. The molecule has 0 N–H and O–H groups in total. The maximum Gasteiger partial charge on any atom is 0.311 e. The first-order valence-electron chi connectivity index (χ1n) is 6.40. The maximum absolute atomic E-state index is 12.1. The number of ether oxygens (including phenoxy) is 1. The molecule has 1 fully saturated rings. The molecule has 0 atom stereocenters. The van der Waals surface area contributed by atoms with Gasteiger partial charge < -0.3 is 4.74 Å². The molecule has 0 radical (unpaired) electrons. The van der Waals surface area contributed by atoms with Crippen molar-refractivity contribution in [1.82, 2.24) is 0 Å². The summed E-state index contributed by atoms with van der Waals surface area (Å²) in [5, 5.41) is 0. The predicted octanol–water partition coefficient (Wildman–Crippen LogP) is 3.79. The zero-order valence-electron chi connectivity index (χ0n) is 11.4. The van der Waals surface area contributed by atoms with Crippen molar-refractivity contribution in [2.75, 3.05) is 6.61 Å². The van der Waals surface area contributed by atoms with E-state index in [1.54, 1.807) is 0 Å². The van der Waals surface area contributed by atoms with Gasteiger partial charge in [-0.1, -0.05) is 27.7 Å². The van der Waals surface area contributed by atoms with Crippen molar-refractivity contribution in [3.05, 3.63) is 0 Å². The summed E-state index contributed by atoms with van der Waals surface area (Å²) >= 11 is 0. The summed E-state index contributed by atoms with van der Waals surface area (Å²) in [5.74, 6) is 0.776. The van der Waals surface area contributed by atoms with Crippen LogP contribution in [-0.2, 0) is 9.53 Å². The summed E-state index contributed by atoms with van der Waals surface area (Å²) in [6.45, 7) is 11.1. The molecule has 1 saturated carbocycles. The fourth-order valence-corrected chi connectivity index (χ4v) is 2.06. The van der Waals surface area contributed by atoms with E-state index in [0.29, 0.717) is 6.61 Å². The summed E-state index contributed by atoms with van der Waals surface area (Å²) in [6.07, 6.45) is 4.27. The standard InChI is InChI=1S/C14H26O2/c1-11-6-8-14(5,9-7-11)12(15)16-10-13(2,3)4/h11H,6-10H2,1-5H3. The third-order valence-electron chi connectivity index (χ3n) is 3.51. The average molecular weight is 226 g/mol.